The van der Waals surface area contributed by atoms with Crippen LogP contribution in [-0.4, -0.2) is 33.5 Å². The molecule has 1 aliphatic carbocycles. The van der Waals surface area contributed by atoms with Crippen molar-refractivity contribution in [1.29, 1.82) is 0 Å². The zero-order valence-electron chi connectivity index (χ0n) is 9.61. The Morgan fingerprint density at radius 1 is 1.33 bits per heavy atom. The van der Waals surface area contributed by atoms with Gasteiger partial charge in [0.15, 0.2) is 0 Å². The number of nitrogens with zero attached hydrogens (tertiary/aromatic N) is 1. The van der Waals surface area contributed by atoms with Gasteiger partial charge >= 0.3 is 5.97 Å². The van der Waals surface area contributed by atoms with Crippen molar-refractivity contribution < 1.29 is 19.8 Å². The van der Waals surface area contributed by atoms with E-state index in [4.69, 9.17) is 10.2 Å². The number of piperidine rings is 1. The molecule has 1 aromatic carbocycles. The lowest BCUT2D eigenvalue weighted by Crippen LogP contribution is -2.30. The van der Waals surface area contributed by atoms with Gasteiger partial charge in [-0.3, -0.25) is 9.59 Å². The van der Waals surface area contributed by atoms with Crippen LogP contribution in [0.1, 0.15) is 5.56 Å². The van der Waals surface area contributed by atoms with E-state index >= 15 is 0 Å². The van der Waals surface area contributed by atoms with Gasteiger partial charge < -0.3 is 15.1 Å². The monoisotopic (exact) mass is 247 g/mol. The first-order chi connectivity index (χ1) is 8.58. The third kappa shape index (κ3) is 1.63. The van der Waals surface area contributed by atoms with Crippen molar-refractivity contribution in [1.82, 2.24) is 4.90 Å². The maximum absolute atomic E-state index is 11.9. The van der Waals surface area contributed by atoms with Gasteiger partial charge in [0.1, 0.15) is 5.75 Å². The fraction of sp³-hybridized carbons (Fsp3) is 0.385. The van der Waals surface area contributed by atoms with Crippen LogP contribution in [0.15, 0.2) is 24.3 Å². The van der Waals surface area contributed by atoms with Gasteiger partial charge in [-0.15, -0.1) is 0 Å². The number of hydrogen-bond donors (Lipinski definition) is 2. The summed E-state index contributed by atoms with van der Waals surface area (Å²) in [7, 11) is 0. The fourth-order valence-corrected chi connectivity index (χ4v) is 2.79. The molecule has 5 nitrogen and oxygen atoms in total. The highest BCUT2D eigenvalue weighted by atomic mass is 16.4. The van der Waals surface area contributed by atoms with Gasteiger partial charge in [-0.25, -0.2) is 0 Å². The highest BCUT2D eigenvalue weighted by Crippen LogP contribution is 2.52. The number of fused-ring (bicyclic) bond motifs is 1. The van der Waals surface area contributed by atoms with Crippen LogP contribution >= 0.6 is 0 Å². The van der Waals surface area contributed by atoms with Crippen LogP contribution in [0, 0.1) is 17.8 Å². The number of amides is 1. The number of carbonyl (C=O) groups excluding carboxylic acids is 1. The van der Waals surface area contributed by atoms with Gasteiger partial charge in [0.2, 0.25) is 5.91 Å². The number of benzene rings is 1. The first kappa shape index (κ1) is 11.1. The number of carboxylic acid groups (broad SMARTS) is 1. The van der Waals surface area contributed by atoms with E-state index in [0.29, 0.717) is 13.1 Å². The van der Waals surface area contributed by atoms with Crippen LogP contribution < -0.4 is 0 Å². The molecule has 18 heavy (non-hydrogen) atoms. The zero-order valence-corrected chi connectivity index (χ0v) is 9.61. The standard InChI is InChI=1S/C13H13NO4/c15-8-3-1-7(2-4-8)5-14-6-9-10(12(14)16)11(9)13(17)18/h1-4,9-11,15H,5-6H2,(H,17,18). The molecule has 94 valence electrons. The molecule has 0 radical (unpaired) electrons. The van der Waals surface area contributed by atoms with E-state index in [-0.39, 0.29) is 23.5 Å². The fourth-order valence-electron chi connectivity index (χ4n) is 2.79. The molecule has 2 N–H and O–H groups in total. The van der Waals surface area contributed by atoms with E-state index in [1.165, 1.54) is 0 Å². The summed E-state index contributed by atoms with van der Waals surface area (Å²) in [5, 5.41) is 18.1. The maximum atomic E-state index is 11.9. The maximum Gasteiger partial charge on any atom is 0.307 e. The summed E-state index contributed by atoms with van der Waals surface area (Å²) in [5.41, 5.74) is 0.939. The van der Waals surface area contributed by atoms with Gasteiger partial charge in [0.25, 0.3) is 0 Å². The number of carboxylic acids is 1. The highest BCUT2D eigenvalue weighted by Gasteiger charge is 2.64. The molecule has 3 unspecified atom stereocenters. The minimum Gasteiger partial charge on any atom is -0.508 e. The molecule has 1 aromatic rings. The number of phenols is 1. The number of likely N-dealkylation sites (tertiary alicyclic amines) is 1. The van der Waals surface area contributed by atoms with Gasteiger partial charge in [0, 0.05) is 19.0 Å². The summed E-state index contributed by atoms with van der Waals surface area (Å²) in [6, 6.07) is 6.69. The topological polar surface area (TPSA) is 77.8 Å². The number of hydrogen-bond acceptors (Lipinski definition) is 3. The van der Waals surface area contributed by atoms with Crippen LogP contribution in [0.25, 0.3) is 0 Å². The molecule has 3 atom stereocenters. The SMILES string of the molecule is O=C(O)C1C2CN(Cc3ccc(O)cc3)C(=O)C21. The smallest absolute Gasteiger partial charge is 0.307 e. The van der Waals surface area contributed by atoms with E-state index in [0.717, 1.165) is 5.56 Å². The Morgan fingerprint density at radius 2 is 2.00 bits per heavy atom. The molecular formula is C13H13NO4. The second-order valence-corrected chi connectivity index (χ2v) is 4.94. The quantitative estimate of drug-likeness (QED) is 0.823. The van der Waals surface area contributed by atoms with Gasteiger partial charge in [-0.2, -0.15) is 0 Å². The Morgan fingerprint density at radius 3 is 2.50 bits per heavy atom. The number of aliphatic carboxylic acids is 1. The van der Waals surface area contributed by atoms with Crippen molar-refractivity contribution >= 4 is 11.9 Å². The molecule has 3 rings (SSSR count). The van der Waals surface area contributed by atoms with Crippen molar-refractivity contribution in [2.24, 2.45) is 17.8 Å². The molecular weight excluding hydrogens is 234 g/mol. The summed E-state index contributed by atoms with van der Waals surface area (Å²) >= 11 is 0. The van der Waals surface area contributed by atoms with Crippen LogP contribution in [0.2, 0.25) is 0 Å². The Kier molecular flexibility index (Phi) is 2.29. The molecule has 0 bridgehead atoms. The van der Waals surface area contributed by atoms with Crippen molar-refractivity contribution in [3.63, 3.8) is 0 Å². The molecule has 2 fully saturated rings. The number of rotatable bonds is 3. The normalized spacial score (nSPS) is 29.2. The predicted molar refractivity (Wildman–Crippen MR) is 61.6 cm³/mol. The lowest BCUT2D eigenvalue weighted by molar-refractivity contribution is -0.143. The van der Waals surface area contributed by atoms with E-state index in [2.05, 4.69) is 0 Å². The number of phenolic OH excluding ortho intramolecular Hbond substituents is 1. The summed E-state index contributed by atoms with van der Waals surface area (Å²) in [6.45, 7) is 1.01. The van der Waals surface area contributed by atoms with Crippen LogP contribution in [0.4, 0.5) is 0 Å². The molecule has 0 spiro atoms. The second-order valence-electron chi connectivity index (χ2n) is 4.94. The van der Waals surface area contributed by atoms with E-state index in [9.17, 15) is 9.59 Å². The minimum absolute atomic E-state index is 0.00730. The number of carbonyl (C=O) groups is 2. The molecule has 2 aliphatic rings. The minimum atomic E-state index is -0.859. The predicted octanol–water partition coefficient (Wildman–Crippen LogP) is 0.681. The molecule has 1 aliphatic heterocycles. The zero-order chi connectivity index (χ0) is 12.9. The number of aromatic hydroxyl groups is 1. The molecule has 1 saturated carbocycles. The van der Waals surface area contributed by atoms with Crippen LogP contribution in [0.3, 0.4) is 0 Å². The largest absolute Gasteiger partial charge is 0.508 e. The third-order valence-corrected chi connectivity index (χ3v) is 3.79. The lowest BCUT2D eigenvalue weighted by Gasteiger charge is -2.19. The van der Waals surface area contributed by atoms with Crippen molar-refractivity contribution in [3.05, 3.63) is 29.8 Å². The average Bonchev–Trinajstić information content (AvgIpc) is 2.96. The third-order valence-electron chi connectivity index (χ3n) is 3.79. The van der Waals surface area contributed by atoms with Gasteiger partial charge in [0.05, 0.1) is 11.8 Å². The summed E-state index contributed by atoms with van der Waals surface area (Å²) in [6.07, 6.45) is 0. The summed E-state index contributed by atoms with van der Waals surface area (Å²) < 4.78 is 0. The van der Waals surface area contributed by atoms with Gasteiger partial charge in [-0.05, 0) is 17.7 Å². The Balaban J connectivity index is 1.66. The molecule has 5 heteroatoms. The highest BCUT2D eigenvalue weighted by molar-refractivity contribution is 5.93. The van der Waals surface area contributed by atoms with Crippen molar-refractivity contribution in [2.45, 2.75) is 6.54 Å². The van der Waals surface area contributed by atoms with Crippen molar-refractivity contribution in [3.8, 4) is 5.75 Å². The average molecular weight is 247 g/mol. The van der Waals surface area contributed by atoms with Crippen LogP contribution in [0.5, 0.6) is 5.75 Å². The Bertz CT molecular complexity index is 510. The van der Waals surface area contributed by atoms with Crippen LogP contribution in [-0.2, 0) is 16.1 Å². The Labute approximate surface area is 104 Å². The van der Waals surface area contributed by atoms with E-state index < -0.39 is 11.9 Å². The summed E-state index contributed by atoms with van der Waals surface area (Å²) in [4.78, 5) is 24.5. The Hall–Kier alpha value is -2.04. The van der Waals surface area contributed by atoms with E-state index in [1.807, 2.05) is 0 Å². The summed E-state index contributed by atoms with van der Waals surface area (Å²) in [5.74, 6) is -1.50. The van der Waals surface area contributed by atoms with Crippen molar-refractivity contribution in [2.75, 3.05) is 6.54 Å². The first-order valence-corrected chi connectivity index (χ1v) is 5.87. The lowest BCUT2D eigenvalue weighted by atomic mass is 10.2. The second kappa shape index (κ2) is 3.73. The molecule has 1 saturated heterocycles. The molecule has 1 heterocycles. The first-order valence-electron chi connectivity index (χ1n) is 5.87. The van der Waals surface area contributed by atoms with Gasteiger partial charge in [-0.1, -0.05) is 12.1 Å². The molecule has 1 amide bonds. The molecule has 0 aromatic heterocycles. The van der Waals surface area contributed by atoms with E-state index in [1.54, 1.807) is 29.2 Å².